The van der Waals surface area contributed by atoms with Gasteiger partial charge in [-0.05, 0) is 42.4 Å². The Hall–Kier alpha value is -1.65. The van der Waals surface area contributed by atoms with Crippen molar-refractivity contribution in [1.82, 2.24) is 10.2 Å². The maximum Gasteiger partial charge on any atom is 0.253 e. The second kappa shape index (κ2) is 8.57. The van der Waals surface area contributed by atoms with Crippen LogP contribution in [0.15, 0.2) is 41.8 Å². The predicted octanol–water partition coefficient (Wildman–Crippen LogP) is 5.12. The highest BCUT2D eigenvalue weighted by molar-refractivity contribution is 6.42. The zero-order valence-corrected chi connectivity index (χ0v) is 17.9. The van der Waals surface area contributed by atoms with Crippen LogP contribution in [0, 0.1) is 5.41 Å². The summed E-state index contributed by atoms with van der Waals surface area (Å²) in [5, 5.41) is 14.4. The summed E-state index contributed by atoms with van der Waals surface area (Å²) in [6, 6.07) is 5.37. The fraction of sp³-hybridized carbons (Fsp3) is 0.476. The molecule has 4 nitrogen and oxygen atoms in total. The second-order valence-electron chi connectivity index (χ2n) is 8.21. The van der Waals surface area contributed by atoms with E-state index in [2.05, 4.69) is 32.7 Å². The average molecular weight is 411 g/mol. The van der Waals surface area contributed by atoms with E-state index in [-0.39, 0.29) is 23.1 Å². The lowest BCUT2D eigenvalue weighted by molar-refractivity contribution is -0.118. The molecule has 1 aliphatic rings. The van der Waals surface area contributed by atoms with Crippen LogP contribution in [0.2, 0.25) is 10.0 Å². The number of aliphatic hydroxyl groups excluding tert-OH is 1. The number of amides is 1. The largest absolute Gasteiger partial charge is 0.505 e. The number of likely N-dealkylation sites (N-methyl/N-ethyl adjacent to an activating group) is 1. The van der Waals surface area contributed by atoms with Crippen LogP contribution < -0.4 is 5.32 Å². The molecule has 0 radical (unpaired) electrons. The van der Waals surface area contributed by atoms with Crippen molar-refractivity contribution >= 4 is 29.1 Å². The van der Waals surface area contributed by atoms with Crippen LogP contribution in [-0.2, 0) is 11.2 Å². The number of hydrogen-bond donors (Lipinski definition) is 2. The van der Waals surface area contributed by atoms with E-state index >= 15 is 0 Å². The van der Waals surface area contributed by atoms with Gasteiger partial charge >= 0.3 is 0 Å². The number of rotatable bonds is 6. The minimum atomic E-state index is -0.235. The summed E-state index contributed by atoms with van der Waals surface area (Å²) in [6.07, 6.45) is 2.29. The molecule has 1 amide bonds. The summed E-state index contributed by atoms with van der Waals surface area (Å²) < 4.78 is 0. The van der Waals surface area contributed by atoms with Crippen LogP contribution in [0.1, 0.15) is 39.2 Å². The highest BCUT2D eigenvalue weighted by Crippen LogP contribution is 2.36. The summed E-state index contributed by atoms with van der Waals surface area (Å²) in [6.45, 7) is 10.8. The number of halogens is 2. The summed E-state index contributed by atoms with van der Waals surface area (Å²) in [5.41, 5.74) is 1.99. The van der Waals surface area contributed by atoms with Gasteiger partial charge < -0.3 is 15.3 Å². The molecule has 2 rings (SSSR count). The van der Waals surface area contributed by atoms with E-state index in [1.54, 1.807) is 6.07 Å². The number of carbonyl (C=O) groups excluding carboxylic acids is 1. The maximum absolute atomic E-state index is 12.7. The van der Waals surface area contributed by atoms with Crippen LogP contribution in [0.25, 0.3) is 0 Å². The van der Waals surface area contributed by atoms with Crippen molar-refractivity contribution in [3.05, 3.63) is 57.4 Å². The number of hydrogen-bond acceptors (Lipinski definition) is 3. The first kappa shape index (κ1) is 21.6. The van der Waals surface area contributed by atoms with Crippen LogP contribution >= 0.6 is 23.2 Å². The van der Waals surface area contributed by atoms with E-state index in [1.165, 1.54) is 0 Å². The highest BCUT2D eigenvalue weighted by atomic mass is 35.5. The molecule has 1 aliphatic heterocycles. The Balaban J connectivity index is 1.96. The molecule has 0 aromatic heterocycles. The summed E-state index contributed by atoms with van der Waals surface area (Å²) in [4.78, 5) is 14.6. The van der Waals surface area contributed by atoms with E-state index in [1.807, 2.05) is 24.1 Å². The normalized spacial score (nSPS) is 17.6. The number of nitrogens with one attached hydrogen (secondary N) is 1. The van der Waals surface area contributed by atoms with Crippen molar-refractivity contribution in [1.29, 1.82) is 0 Å². The summed E-state index contributed by atoms with van der Waals surface area (Å²) >= 11 is 12.0. The first-order valence-corrected chi connectivity index (χ1v) is 9.84. The number of benzene rings is 1. The fourth-order valence-corrected chi connectivity index (χ4v) is 3.55. The Morgan fingerprint density at radius 2 is 1.96 bits per heavy atom. The molecule has 0 fully saturated rings. The molecule has 0 saturated carbocycles. The SMILES string of the molecule is C=C1C(O)=C(C(=O)NCCCc2ccc(Cl)c(Cl)c2)C(CC(C)(C)C)N1C. The lowest BCUT2D eigenvalue weighted by atomic mass is 9.85. The van der Waals surface area contributed by atoms with E-state index in [0.29, 0.717) is 27.9 Å². The van der Waals surface area contributed by atoms with Crippen LogP contribution in [0.4, 0.5) is 0 Å². The average Bonchev–Trinajstić information content (AvgIpc) is 2.77. The monoisotopic (exact) mass is 410 g/mol. The van der Waals surface area contributed by atoms with Crippen molar-refractivity contribution in [2.45, 2.75) is 46.1 Å². The third-order valence-electron chi connectivity index (χ3n) is 4.72. The molecule has 0 bridgehead atoms. The quantitative estimate of drug-likeness (QED) is 0.639. The van der Waals surface area contributed by atoms with Crippen molar-refractivity contribution in [3.8, 4) is 0 Å². The molecule has 1 atom stereocenters. The molecular formula is C21H28Cl2N2O2. The van der Waals surface area contributed by atoms with Crippen molar-refractivity contribution in [2.24, 2.45) is 5.41 Å². The van der Waals surface area contributed by atoms with Gasteiger partial charge in [-0.1, -0.05) is 56.6 Å². The van der Waals surface area contributed by atoms with Crippen molar-refractivity contribution < 1.29 is 9.90 Å². The smallest absolute Gasteiger partial charge is 0.253 e. The highest BCUT2D eigenvalue weighted by Gasteiger charge is 2.38. The molecule has 1 aromatic carbocycles. The number of nitrogens with zero attached hydrogens (tertiary/aromatic N) is 1. The topological polar surface area (TPSA) is 52.6 Å². The van der Waals surface area contributed by atoms with E-state index in [0.717, 1.165) is 24.8 Å². The van der Waals surface area contributed by atoms with Gasteiger partial charge in [-0.3, -0.25) is 4.79 Å². The van der Waals surface area contributed by atoms with E-state index in [4.69, 9.17) is 23.2 Å². The van der Waals surface area contributed by atoms with Gasteiger partial charge in [0, 0.05) is 13.6 Å². The van der Waals surface area contributed by atoms with Gasteiger partial charge in [0.2, 0.25) is 0 Å². The molecule has 6 heteroatoms. The van der Waals surface area contributed by atoms with E-state index < -0.39 is 0 Å². The van der Waals surface area contributed by atoms with Crippen molar-refractivity contribution in [3.63, 3.8) is 0 Å². The predicted molar refractivity (Wildman–Crippen MR) is 112 cm³/mol. The molecule has 0 spiro atoms. The zero-order valence-electron chi connectivity index (χ0n) is 16.4. The molecular weight excluding hydrogens is 383 g/mol. The Kier molecular flexibility index (Phi) is 6.87. The molecule has 1 aromatic rings. The fourth-order valence-electron chi connectivity index (χ4n) is 3.22. The van der Waals surface area contributed by atoms with Gasteiger partial charge in [-0.25, -0.2) is 0 Å². The van der Waals surface area contributed by atoms with E-state index in [9.17, 15) is 9.90 Å². The molecule has 0 aliphatic carbocycles. The third-order valence-corrected chi connectivity index (χ3v) is 5.46. The standard InChI is InChI=1S/C21H28Cl2N2O2/c1-13-19(26)18(17(25(13)5)12-21(2,3)4)20(27)24-10-6-7-14-8-9-15(22)16(23)11-14/h8-9,11,17,26H,1,6-7,10,12H2,2-5H3,(H,24,27). The molecule has 148 valence electrons. The van der Waals surface area contributed by atoms with Crippen LogP contribution in [0.3, 0.4) is 0 Å². The minimum Gasteiger partial charge on any atom is -0.505 e. The summed E-state index contributed by atoms with van der Waals surface area (Å²) in [7, 11) is 1.86. The van der Waals surface area contributed by atoms with Crippen molar-refractivity contribution in [2.75, 3.05) is 13.6 Å². The number of aliphatic hydroxyl groups is 1. The number of aryl methyl sites for hydroxylation is 1. The van der Waals surface area contributed by atoms with Crippen LogP contribution in [0.5, 0.6) is 0 Å². The van der Waals surface area contributed by atoms with Gasteiger partial charge in [-0.15, -0.1) is 0 Å². The van der Waals surface area contributed by atoms with Crippen LogP contribution in [-0.4, -0.2) is 35.5 Å². The Bertz CT molecular complexity index is 766. The third kappa shape index (κ3) is 5.43. The van der Waals surface area contributed by atoms with Gasteiger partial charge in [0.1, 0.15) is 5.76 Å². The first-order chi connectivity index (χ1) is 12.5. The van der Waals surface area contributed by atoms with Gasteiger partial charge in [-0.2, -0.15) is 0 Å². The van der Waals surface area contributed by atoms with Gasteiger partial charge in [0.05, 0.1) is 27.4 Å². The minimum absolute atomic E-state index is 0.00580. The Morgan fingerprint density at radius 3 is 2.56 bits per heavy atom. The first-order valence-electron chi connectivity index (χ1n) is 9.08. The lowest BCUT2D eigenvalue weighted by Crippen LogP contribution is -2.37. The molecule has 0 saturated heterocycles. The summed E-state index contributed by atoms with van der Waals surface area (Å²) in [5.74, 6) is -0.241. The van der Waals surface area contributed by atoms with Gasteiger partial charge in [0.25, 0.3) is 5.91 Å². The zero-order chi connectivity index (χ0) is 20.4. The molecule has 1 unspecified atom stereocenters. The maximum atomic E-state index is 12.7. The molecule has 2 N–H and O–H groups in total. The number of carbonyl (C=O) groups is 1. The lowest BCUT2D eigenvalue weighted by Gasteiger charge is -2.30. The molecule has 27 heavy (non-hydrogen) atoms. The second-order valence-corrected chi connectivity index (χ2v) is 9.02. The Labute approximate surface area is 171 Å². The Morgan fingerprint density at radius 1 is 1.30 bits per heavy atom. The molecule has 1 heterocycles. The van der Waals surface area contributed by atoms with Gasteiger partial charge in [0.15, 0.2) is 0 Å².